The Morgan fingerprint density at radius 3 is 2.19 bits per heavy atom. The Morgan fingerprint density at radius 2 is 1.62 bits per heavy atom. The van der Waals surface area contributed by atoms with Crippen LogP contribution >= 0.6 is 0 Å². The van der Waals surface area contributed by atoms with Crippen molar-refractivity contribution < 1.29 is 14.0 Å². The molecule has 2 rings (SSSR count). The highest BCUT2D eigenvalue weighted by Gasteiger charge is 2.18. The third-order valence-electron chi connectivity index (χ3n) is 2.85. The SMILES string of the molecule is NC(=O)[C@H](NNC(=O)c1ccc(F)cc1)c1ccccc1. The molecule has 2 aromatic rings. The number of carbonyl (C=O) groups is 2. The molecule has 0 unspecified atom stereocenters. The monoisotopic (exact) mass is 287 g/mol. The Labute approximate surface area is 120 Å². The molecular weight excluding hydrogens is 273 g/mol. The highest BCUT2D eigenvalue weighted by atomic mass is 19.1. The lowest BCUT2D eigenvalue weighted by molar-refractivity contribution is -0.120. The maximum Gasteiger partial charge on any atom is 0.265 e. The number of hydrogen-bond acceptors (Lipinski definition) is 3. The Kier molecular flexibility index (Phi) is 4.63. The number of amides is 2. The van der Waals surface area contributed by atoms with Crippen LogP contribution in [0.15, 0.2) is 54.6 Å². The molecule has 4 N–H and O–H groups in total. The van der Waals surface area contributed by atoms with Gasteiger partial charge in [-0.05, 0) is 29.8 Å². The Bertz CT molecular complexity index is 629. The third kappa shape index (κ3) is 3.87. The maximum absolute atomic E-state index is 12.8. The molecule has 108 valence electrons. The van der Waals surface area contributed by atoms with E-state index in [1.807, 2.05) is 0 Å². The van der Waals surface area contributed by atoms with Gasteiger partial charge >= 0.3 is 0 Å². The smallest absolute Gasteiger partial charge is 0.265 e. The zero-order valence-electron chi connectivity index (χ0n) is 11.0. The van der Waals surface area contributed by atoms with E-state index in [4.69, 9.17) is 5.73 Å². The lowest BCUT2D eigenvalue weighted by Crippen LogP contribution is -2.45. The zero-order chi connectivity index (χ0) is 15.2. The van der Waals surface area contributed by atoms with Crippen LogP contribution in [-0.4, -0.2) is 11.8 Å². The predicted octanol–water partition coefficient (Wildman–Crippen LogP) is 1.29. The molecule has 2 amide bonds. The average Bonchev–Trinajstić information content (AvgIpc) is 2.48. The second kappa shape index (κ2) is 6.62. The standard InChI is InChI=1S/C15H14FN3O2/c16-12-8-6-11(7-9-12)15(21)19-18-13(14(17)20)10-4-2-1-3-5-10/h1-9,13,18H,(H2,17,20)(H,19,21)/t13-/m1/s1. The van der Waals surface area contributed by atoms with Crippen molar-refractivity contribution in [1.29, 1.82) is 0 Å². The minimum Gasteiger partial charge on any atom is -0.368 e. The summed E-state index contributed by atoms with van der Waals surface area (Å²) in [5.74, 6) is -1.54. The van der Waals surface area contributed by atoms with Gasteiger partial charge in [0.1, 0.15) is 11.9 Å². The summed E-state index contributed by atoms with van der Waals surface area (Å²) in [5.41, 5.74) is 11.2. The number of halogens is 1. The van der Waals surface area contributed by atoms with Gasteiger partial charge in [-0.15, -0.1) is 0 Å². The van der Waals surface area contributed by atoms with E-state index >= 15 is 0 Å². The van der Waals surface area contributed by atoms with Crippen LogP contribution in [0, 0.1) is 5.82 Å². The molecule has 0 radical (unpaired) electrons. The Hall–Kier alpha value is -2.73. The molecule has 5 nitrogen and oxygen atoms in total. The molecule has 0 aliphatic carbocycles. The second-order valence-electron chi connectivity index (χ2n) is 4.35. The number of hydrazine groups is 1. The van der Waals surface area contributed by atoms with Crippen LogP contribution in [0.5, 0.6) is 0 Å². The zero-order valence-corrected chi connectivity index (χ0v) is 11.0. The van der Waals surface area contributed by atoms with Crippen molar-refractivity contribution in [2.24, 2.45) is 5.73 Å². The second-order valence-corrected chi connectivity index (χ2v) is 4.35. The van der Waals surface area contributed by atoms with Crippen molar-refractivity contribution in [3.8, 4) is 0 Å². The molecule has 6 heteroatoms. The topological polar surface area (TPSA) is 84.2 Å². The van der Waals surface area contributed by atoms with Crippen molar-refractivity contribution in [3.05, 3.63) is 71.5 Å². The van der Waals surface area contributed by atoms with Crippen LogP contribution in [0.25, 0.3) is 0 Å². The summed E-state index contributed by atoms with van der Waals surface area (Å²) in [6.45, 7) is 0. The molecule has 0 heterocycles. The number of primary amides is 1. The molecule has 0 fully saturated rings. The van der Waals surface area contributed by atoms with Crippen LogP contribution in [0.3, 0.4) is 0 Å². The third-order valence-corrected chi connectivity index (χ3v) is 2.85. The van der Waals surface area contributed by atoms with Gasteiger partial charge in [-0.1, -0.05) is 30.3 Å². The minimum atomic E-state index is -0.851. The van der Waals surface area contributed by atoms with Gasteiger partial charge in [0.05, 0.1) is 0 Å². The quantitative estimate of drug-likeness (QED) is 0.724. The van der Waals surface area contributed by atoms with Gasteiger partial charge in [-0.3, -0.25) is 15.0 Å². The first-order chi connectivity index (χ1) is 10.1. The summed E-state index contributed by atoms with van der Waals surface area (Å²) in [4.78, 5) is 23.3. The number of rotatable bonds is 5. The van der Waals surface area contributed by atoms with Crippen LogP contribution in [0.1, 0.15) is 22.0 Å². The predicted molar refractivity (Wildman–Crippen MR) is 75.4 cm³/mol. The van der Waals surface area contributed by atoms with E-state index in [1.54, 1.807) is 30.3 Å². The Balaban J connectivity index is 2.04. The number of hydrogen-bond donors (Lipinski definition) is 3. The van der Waals surface area contributed by atoms with Crippen molar-refractivity contribution in [2.45, 2.75) is 6.04 Å². The molecule has 0 aliphatic rings. The lowest BCUT2D eigenvalue weighted by atomic mass is 10.1. The van der Waals surface area contributed by atoms with E-state index < -0.39 is 23.7 Å². The molecule has 2 aromatic carbocycles. The fraction of sp³-hybridized carbons (Fsp3) is 0.0667. The maximum atomic E-state index is 12.8. The van der Waals surface area contributed by atoms with Crippen molar-refractivity contribution >= 4 is 11.8 Å². The lowest BCUT2D eigenvalue weighted by Gasteiger charge is -2.16. The number of benzene rings is 2. The normalized spacial score (nSPS) is 11.7. The summed E-state index contributed by atoms with van der Waals surface area (Å²) in [5, 5.41) is 0. The van der Waals surface area contributed by atoms with E-state index in [9.17, 15) is 14.0 Å². The van der Waals surface area contributed by atoms with E-state index in [0.717, 1.165) is 0 Å². The highest BCUT2D eigenvalue weighted by Crippen LogP contribution is 2.11. The van der Waals surface area contributed by atoms with Crippen LogP contribution in [0.2, 0.25) is 0 Å². The molecule has 0 bridgehead atoms. The highest BCUT2D eigenvalue weighted by molar-refractivity contribution is 5.94. The van der Waals surface area contributed by atoms with Gasteiger partial charge < -0.3 is 5.73 Å². The molecular formula is C15H14FN3O2. The van der Waals surface area contributed by atoms with Crippen molar-refractivity contribution in [1.82, 2.24) is 10.9 Å². The number of nitrogens with two attached hydrogens (primary N) is 1. The number of carbonyl (C=O) groups excluding carboxylic acids is 2. The summed E-state index contributed by atoms with van der Waals surface area (Å²) < 4.78 is 12.8. The van der Waals surface area contributed by atoms with Gasteiger partial charge in [-0.2, -0.15) is 0 Å². The summed E-state index contributed by atoms with van der Waals surface area (Å²) in [7, 11) is 0. The minimum absolute atomic E-state index is 0.264. The largest absolute Gasteiger partial charge is 0.368 e. The van der Waals surface area contributed by atoms with Gasteiger partial charge in [0.15, 0.2) is 0 Å². The van der Waals surface area contributed by atoms with Gasteiger partial charge in [0.2, 0.25) is 5.91 Å². The summed E-state index contributed by atoms with van der Waals surface area (Å²) in [6, 6.07) is 12.9. The summed E-state index contributed by atoms with van der Waals surface area (Å²) in [6.07, 6.45) is 0. The summed E-state index contributed by atoms with van der Waals surface area (Å²) >= 11 is 0. The average molecular weight is 287 g/mol. The van der Waals surface area contributed by atoms with Crippen LogP contribution in [0.4, 0.5) is 4.39 Å². The molecule has 0 aromatic heterocycles. The molecule has 21 heavy (non-hydrogen) atoms. The van der Waals surface area contributed by atoms with E-state index in [-0.39, 0.29) is 5.56 Å². The van der Waals surface area contributed by atoms with Crippen LogP contribution < -0.4 is 16.6 Å². The molecule has 0 saturated carbocycles. The number of nitrogens with one attached hydrogen (secondary N) is 2. The Morgan fingerprint density at radius 1 is 1.00 bits per heavy atom. The van der Waals surface area contributed by atoms with Gasteiger partial charge in [-0.25, -0.2) is 9.82 Å². The molecule has 0 aliphatic heterocycles. The first kappa shape index (κ1) is 14.7. The molecule has 0 spiro atoms. The van der Waals surface area contributed by atoms with Crippen molar-refractivity contribution in [3.63, 3.8) is 0 Å². The van der Waals surface area contributed by atoms with Gasteiger partial charge in [0.25, 0.3) is 5.91 Å². The van der Waals surface area contributed by atoms with Crippen LogP contribution in [-0.2, 0) is 4.79 Å². The van der Waals surface area contributed by atoms with E-state index in [1.165, 1.54) is 24.3 Å². The fourth-order valence-electron chi connectivity index (χ4n) is 1.78. The fourth-order valence-corrected chi connectivity index (χ4v) is 1.78. The van der Waals surface area contributed by atoms with E-state index in [0.29, 0.717) is 5.56 Å². The first-order valence-corrected chi connectivity index (χ1v) is 6.23. The molecule has 0 saturated heterocycles. The van der Waals surface area contributed by atoms with Crippen molar-refractivity contribution in [2.75, 3.05) is 0 Å². The molecule has 1 atom stereocenters. The van der Waals surface area contributed by atoms with Gasteiger partial charge in [0, 0.05) is 5.56 Å². The van der Waals surface area contributed by atoms with E-state index in [2.05, 4.69) is 10.9 Å². The first-order valence-electron chi connectivity index (χ1n) is 6.23.